The Bertz CT molecular complexity index is 487. The normalized spacial score (nSPS) is 10.2. The maximum Gasteiger partial charge on any atom is 0.257 e. The van der Waals surface area contributed by atoms with Crippen molar-refractivity contribution in [3.63, 3.8) is 0 Å². The number of likely N-dealkylation sites (N-methyl/N-ethyl adjacent to an activating group) is 1. The van der Waals surface area contributed by atoms with Crippen LogP contribution in [0.3, 0.4) is 0 Å². The molecule has 6 nitrogen and oxygen atoms in total. The van der Waals surface area contributed by atoms with Gasteiger partial charge in [0.25, 0.3) is 11.8 Å². The van der Waals surface area contributed by atoms with Crippen LogP contribution in [-0.4, -0.2) is 32.0 Å². The van der Waals surface area contributed by atoms with Gasteiger partial charge in [0.1, 0.15) is 5.75 Å². The van der Waals surface area contributed by atoms with Crippen LogP contribution in [0.25, 0.3) is 0 Å². The van der Waals surface area contributed by atoms with Crippen molar-refractivity contribution in [1.29, 1.82) is 0 Å². The molecule has 20 heavy (non-hydrogen) atoms. The van der Waals surface area contributed by atoms with Gasteiger partial charge in [0.2, 0.25) is 0 Å². The summed E-state index contributed by atoms with van der Waals surface area (Å²) < 4.78 is 5.25. The highest BCUT2D eigenvalue weighted by Crippen LogP contribution is 2.22. The van der Waals surface area contributed by atoms with E-state index in [0.717, 1.165) is 0 Å². The lowest BCUT2D eigenvalue weighted by molar-refractivity contribution is -0.122. The maximum atomic E-state index is 11.9. The van der Waals surface area contributed by atoms with E-state index in [1.165, 1.54) is 13.1 Å². The van der Waals surface area contributed by atoms with Crippen LogP contribution in [0.2, 0.25) is 0 Å². The van der Waals surface area contributed by atoms with E-state index >= 15 is 0 Å². The number of amides is 2. The van der Waals surface area contributed by atoms with Crippen molar-refractivity contribution in [2.75, 3.05) is 25.9 Å². The fraction of sp³-hybridized carbons (Fsp3) is 0.429. The molecule has 0 atom stereocenters. The minimum atomic E-state index is -0.247. The standard InChI is InChI=1S/C14H21N3O3/c1-9(2)7-17-14(19)10-4-5-12(11(15)6-10)20-8-13(18)16-3/h4-6,9H,7-8,15H2,1-3H3,(H,16,18)(H,17,19). The van der Waals surface area contributed by atoms with E-state index < -0.39 is 0 Å². The summed E-state index contributed by atoms with van der Waals surface area (Å²) in [6, 6.07) is 4.74. The number of hydrogen-bond acceptors (Lipinski definition) is 4. The summed E-state index contributed by atoms with van der Waals surface area (Å²) in [4.78, 5) is 22.9. The third kappa shape index (κ3) is 4.79. The quantitative estimate of drug-likeness (QED) is 0.671. The van der Waals surface area contributed by atoms with E-state index in [-0.39, 0.29) is 18.4 Å². The van der Waals surface area contributed by atoms with Crippen LogP contribution in [0.1, 0.15) is 24.2 Å². The lowest BCUT2D eigenvalue weighted by Crippen LogP contribution is -2.27. The minimum Gasteiger partial charge on any atom is -0.482 e. The molecule has 0 heterocycles. The largest absolute Gasteiger partial charge is 0.482 e. The van der Waals surface area contributed by atoms with E-state index in [9.17, 15) is 9.59 Å². The van der Waals surface area contributed by atoms with Gasteiger partial charge in [-0.1, -0.05) is 13.8 Å². The summed E-state index contributed by atoms with van der Waals surface area (Å²) in [6.45, 7) is 4.53. The smallest absolute Gasteiger partial charge is 0.257 e. The summed E-state index contributed by atoms with van der Waals surface area (Å²) in [5.74, 6) is 0.340. The first kappa shape index (κ1) is 15.8. The molecule has 2 amide bonds. The zero-order valence-electron chi connectivity index (χ0n) is 12.0. The lowest BCUT2D eigenvalue weighted by atomic mass is 10.1. The van der Waals surface area contributed by atoms with E-state index in [4.69, 9.17) is 10.5 Å². The van der Waals surface area contributed by atoms with Crippen molar-refractivity contribution in [1.82, 2.24) is 10.6 Å². The summed E-state index contributed by atoms with van der Waals surface area (Å²) in [5.41, 5.74) is 6.60. The average molecular weight is 279 g/mol. The second kappa shape index (κ2) is 7.37. The first-order chi connectivity index (χ1) is 9.43. The number of carbonyl (C=O) groups is 2. The first-order valence-electron chi connectivity index (χ1n) is 6.45. The second-order valence-electron chi connectivity index (χ2n) is 4.82. The zero-order chi connectivity index (χ0) is 15.1. The molecule has 1 aromatic carbocycles. The van der Waals surface area contributed by atoms with Crippen molar-refractivity contribution in [2.45, 2.75) is 13.8 Å². The SMILES string of the molecule is CNC(=O)COc1ccc(C(=O)NCC(C)C)cc1N. The molecule has 0 saturated heterocycles. The van der Waals surface area contributed by atoms with Gasteiger partial charge < -0.3 is 21.1 Å². The second-order valence-corrected chi connectivity index (χ2v) is 4.82. The number of benzene rings is 1. The Kier molecular flexibility index (Phi) is 5.83. The van der Waals surface area contributed by atoms with E-state index in [1.807, 2.05) is 13.8 Å². The summed E-state index contributed by atoms with van der Waals surface area (Å²) in [7, 11) is 1.53. The molecule has 110 valence electrons. The Morgan fingerprint density at radius 2 is 2.05 bits per heavy atom. The molecule has 0 aromatic heterocycles. The number of nitrogens with two attached hydrogens (primary N) is 1. The van der Waals surface area contributed by atoms with Gasteiger partial charge in [-0.25, -0.2) is 0 Å². The topological polar surface area (TPSA) is 93.4 Å². The Morgan fingerprint density at radius 1 is 1.35 bits per heavy atom. The molecule has 0 spiro atoms. The minimum absolute atomic E-state index is 0.112. The molecule has 4 N–H and O–H groups in total. The fourth-order valence-corrected chi connectivity index (χ4v) is 1.44. The maximum absolute atomic E-state index is 11.9. The van der Waals surface area contributed by atoms with Crippen LogP contribution in [-0.2, 0) is 4.79 Å². The highest BCUT2D eigenvalue weighted by atomic mass is 16.5. The van der Waals surface area contributed by atoms with Gasteiger partial charge in [-0.15, -0.1) is 0 Å². The Morgan fingerprint density at radius 3 is 2.60 bits per heavy atom. The van der Waals surface area contributed by atoms with Crippen molar-refractivity contribution in [2.24, 2.45) is 5.92 Å². The van der Waals surface area contributed by atoms with Gasteiger partial charge in [-0.05, 0) is 24.1 Å². The number of hydrogen-bond donors (Lipinski definition) is 3. The zero-order valence-corrected chi connectivity index (χ0v) is 12.0. The molecule has 0 aliphatic carbocycles. The van der Waals surface area contributed by atoms with E-state index in [0.29, 0.717) is 29.5 Å². The molecule has 0 bridgehead atoms. The van der Waals surface area contributed by atoms with Crippen LogP contribution < -0.4 is 21.1 Å². The monoisotopic (exact) mass is 279 g/mol. The van der Waals surface area contributed by atoms with Crippen molar-refractivity contribution in [3.8, 4) is 5.75 Å². The molecule has 6 heteroatoms. The predicted molar refractivity (Wildman–Crippen MR) is 77.6 cm³/mol. The number of nitrogen functional groups attached to an aromatic ring is 1. The molecule has 0 aliphatic rings. The van der Waals surface area contributed by atoms with E-state index in [1.54, 1.807) is 12.1 Å². The Labute approximate surface area is 118 Å². The third-order valence-corrected chi connectivity index (χ3v) is 2.58. The Hall–Kier alpha value is -2.24. The van der Waals surface area contributed by atoms with Crippen molar-refractivity contribution >= 4 is 17.5 Å². The molecule has 1 rings (SSSR count). The van der Waals surface area contributed by atoms with Gasteiger partial charge in [0.15, 0.2) is 6.61 Å². The molecule has 0 saturated carbocycles. The van der Waals surface area contributed by atoms with Crippen LogP contribution in [0.5, 0.6) is 5.75 Å². The van der Waals surface area contributed by atoms with Gasteiger partial charge in [-0.2, -0.15) is 0 Å². The number of ether oxygens (including phenoxy) is 1. The van der Waals surface area contributed by atoms with Crippen molar-refractivity contribution < 1.29 is 14.3 Å². The lowest BCUT2D eigenvalue weighted by Gasteiger charge is -2.11. The van der Waals surface area contributed by atoms with E-state index in [2.05, 4.69) is 10.6 Å². The predicted octanol–water partition coefficient (Wildman–Crippen LogP) is 0.779. The first-order valence-corrected chi connectivity index (χ1v) is 6.45. The molecule has 0 unspecified atom stereocenters. The van der Waals surface area contributed by atoms with Crippen molar-refractivity contribution in [3.05, 3.63) is 23.8 Å². The average Bonchev–Trinajstić information content (AvgIpc) is 2.42. The Balaban J connectivity index is 2.67. The van der Waals surface area contributed by atoms with Crippen LogP contribution in [0, 0.1) is 5.92 Å². The number of nitrogens with one attached hydrogen (secondary N) is 2. The molecule has 0 fully saturated rings. The third-order valence-electron chi connectivity index (χ3n) is 2.58. The van der Waals surface area contributed by atoms with Crippen LogP contribution >= 0.6 is 0 Å². The van der Waals surface area contributed by atoms with Gasteiger partial charge in [0.05, 0.1) is 5.69 Å². The highest BCUT2D eigenvalue weighted by Gasteiger charge is 2.10. The number of anilines is 1. The molecule has 0 radical (unpaired) electrons. The molecular formula is C14H21N3O3. The van der Waals surface area contributed by atoms with Crippen LogP contribution in [0.4, 0.5) is 5.69 Å². The highest BCUT2D eigenvalue weighted by molar-refractivity contribution is 5.95. The van der Waals surface area contributed by atoms with Gasteiger partial charge >= 0.3 is 0 Å². The number of rotatable bonds is 6. The van der Waals surface area contributed by atoms with Crippen LogP contribution in [0.15, 0.2) is 18.2 Å². The van der Waals surface area contributed by atoms with Gasteiger partial charge in [-0.3, -0.25) is 9.59 Å². The number of carbonyl (C=O) groups excluding carboxylic acids is 2. The molecular weight excluding hydrogens is 258 g/mol. The summed E-state index contributed by atoms with van der Waals surface area (Å²) in [6.07, 6.45) is 0. The van der Waals surface area contributed by atoms with Gasteiger partial charge in [0, 0.05) is 19.2 Å². The fourth-order valence-electron chi connectivity index (χ4n) is 1.44. The molecule has 0 aliphatic heterocycles. The molecule has 1 aromatic rings. The summed E-state index contributed by atoms with van der Waals surface area (Å²) >= 11 is 0. The summed E-state index contributed by atoms with van der Waals surface area (Å²) in [5, 5.41) is 5.25.